The average Bonchev–Trinajstić information content (AvgIpc) is 3.03. The number of esters is 1. The highest BCUT2D eigenvalue weighted by atomic mass is 35.5. The molecule has 2 aromatic rings. The normalized spacial score (nSPS) is 14.7. The SMILES string of the molecule is CCOC(=O)c1ccc(N2CCCN(CCC(=O)NCc3ccccc3Cl)CC2)nc1. The van der Waals surface area contributed by atoms with Gasteiger partial charge in [-0.3, -0.25) is 4.79 Å². The first-order valence-corrected chi connectivity index (χ1v) is 11.0. The molecule has 166 valence electrons. The van der Waals surface area contributed by atoms with Crippen molar-refractivity contribution < 1.29 is 14.3 Å². The van der Waals surface area contributed by atoms with E-state index in [4.69, 9.17) is 16.3 Å². The smallest absolute Gasteiger partial charge is 0.339 e. The van der Waals surface area contributed by atoms with Gasteiger partial charge in [-0.25, -0.2) is 9.78 Å². The summed E-state index contributed by atoms with van der Waals surface area (Å²) in [4.78, 5) is 33.0. The van der Waals surface area contributed by atoms with Crippen molar-refractivity contribution in [2.75, 3.05) is 44.2 Å². The van der Waals surface area contributed by atoms with Crippen molar-refractivity contribution in [1.82, 2.24) is 15.2 Å². The van der Waals surface area contributed by atoms with Crippen molar-refractivity contribution in [3.05, 3.63) is 58.7 Å². The predicted molar refractivity (Wildman–Crippen MR) is 121 cm³/mol. The Bertz CT molecular complexity index is 875. The highest BCUT2D eigenvalue weighted by Crippen LogP contribution is 2.16. The van der Waals surface area contributed by atoms with E-state index in [0.29, 0.717) is 30.2 Å². The van der Waals surface area contributed by atoms with E-state index in [-0.39, 0.29) is 11.9 Å². The minimum atomic E-state index is -0.351. The summed E-state index contributed by atoms with van der Waals surface area (Å²) >= 11 is 6.13. The third-order valence-corrected chi connectivity index (χ3v) is 5.63. The molecule has 1 aliphatic rings. The largest absolute Gasteiger partial charge is 0.462 e. The topological polar surface area (TPSA) is 74.8 Å². The molecule has 1 fully saturated rings. The fraction of sp³-hybridized carbons (Fsp3) is 0.435. The first-order valence-electron chi connectivity index (χ1n) is 10.7. The molecule has 3 rings (SSSR count). The van der Waals surface area contributed by atoms with Crippen LogP contribution in [0.1, 0.15) is 35.7 Å². The number of pyridine rings is 1. The molecule has 1 saturated heterocycles. The number of ether oxygens (including phenoxy) is 1. The van der Waals surface area contributed by atoms with E-state index in [1.807, 2.05) is 30.3 Å². The lowest BCUT2D eigenvalue weighted by Gasteiger charge is -2.22. The van der Waals surface area contributed by atoms with Gasteiger partial charge in [0.1, 0.15) is 5.82 Å². The maximum absolute atomic E-state index is 12.2. The summed E-state index contributed by atoms with van der Waals surface area (Å²) in [6.07, 6.45) is 3.01. The Hall–Kier alpha value is -2.64. The van der Waals surface area contributed by atoms with Gasteiger partial charge in [-0.05, 0) is 43.7 Å². The number of carbonyl (C=O) groups is 2. The molecule has 0 saturated carbocycles. The van der Waals surface area contributed by atoms with Crippen LogP contribution in [0.15, 0.2) is 42.6 Å². The van der Waals surface area contributed by atoms with Gasteiger partial charge in [-0.2, -0.15) is 0 Å². The van der Waals surface area contributed by atoms with Crippen LogP contribution in [0.5, 0.6) is 0 Å². The molecule has 0 unspecified atom stereocenters. The molecule has 0 radical (unpaired) electrons. The molecular weight excluding hydrogens is 416 g/mol. The van der Waals surface area contributed by atoms with Crippen molar-refractivity contribution in [3.8, 4) is 0 Å². The zero-order valence-electron chi connectivity index (χ0n) is 17.8. The van der Waals surface area contributed by atoms with Gasteiger partial charge in [0, 0.05) is 50.4 Å². The highest BCUT2D eigenvalue weighted by Gasteiger charge is 2.17. The van der Waals surface area contributed by atoms with Gasteiger partial charge in [0.2, 0.25) is 5.91 Å². The molecule has 0 atom stereocenters. The quantitative estimate of drug-likeness (QED) is 0.630. The number of hydrogen-bond acceptors (Lipinski definition) is 6. The molecule has 1 amide bonds. The second-order valence-electron chi connectivity index (χ2n) is 7.43. The number of hydrogen-bond donors (Lipinski definition) is 1. The molecule has 0 aliphatic carbocycles. The molecule has 0 spiro atoms. The third-order valence-electron chi connectivity index (χ3n) is 5.26. The van der Waals surface area contributed by atoms with Gasteiger partial charge >= 0.3 is 5.97 Å². The van der Waals surface area contributed by atoms with E-state index in [2.05, 4.69) is 20.1 Å². The van der Waals surface area contributed by atoms with Gasteiger partial charge in [-0.15, -0.1) is 0 Å². The zero-order chi connectivity index (χ0) is 22.1. The Balaban J connectivity index is 1.43. The van der Waals surface area contributed by atoms with Gasteiger partial charge < -0.3 is 19.9 Å². The molecule has 2 heterocycles. The Morgan fingerprint density at radius 3 is 2.71 bits per heavy atom. The lowest BCUT2D eigenvalue weighted by atomic mass is 10.2. The van der Waals surface area contributed by atoms with Gasteiger partial charge in [0.25, 0.3) is 0 Å². The molecule has 31 heavy (non-hydrogen) atoms. The van der Waals surface area contributed by atoms with Crippen LogP contribution in [-0.4, -0.2) is 61.1 Å². The van der Waals surface area contributed by atoms with Crippen LogP contribution in [0, 0.1) is 0 Å². The van der Waals surface area contributed by atoms with Crippen LogP contribution in [0.4, 0.5) is 5.82 Å². The van der Waals surface area contributed by atoms with E-state index < -0.39 is 0 Å². The minimum Gasteiger partial charge on any atom is -0.462 e. The van der Waals surface area contributed by atoms with Crippen molar-refractivity contribution in [3.63, 3.8) is 0 Å². The van der Waals surface area contributed by atoms with E-state index in [1.165, 1.54) is 0 Å². The van der Waals surface area contributed by atoms with Gasteiger partial charge in [0.15, 0.2) is 0 Å². The Labute approximate surface area is 188 Å². The number of nitrogens with one attached hydrogen (secondary N) is 1. The molecule has 1 N–H and O–H groups in total. The van der Waals surface area contributed by atoms with Crippen molar-refractivity contribution in [2.45, 2.75) is 26.3 Å². The number of amides is 1. The molecular formula is C23H29ClN4O3. The lowest BCUT2D eigenvalue weighted by Crippen LogP contribution is -2.34. The Morgan fingerprint density at radius 1 is 1.13 bits per heavy atom. The number of anilines is 1. The fourth-order valence-corrected chi connectivity index (χ4v) is 3.72. The van der Waals surface area contributed by atoms with E-state index in [0.717, 1.165) is 50.5 Å². The van der Waals surface area contributed by atoms with Crippen LogP contribution in [-0.2, 0) is 16.1 Å². The lowest BCUT2D eigenvalue weighted by molar-refractivity contribution is -0.121. The van der Waals surface area contributed by atoms with Crippen LogP contribution in [0.25, 0.3) is 0 Å². The van der Waals surface area contributed by atoms with Crippen LogP contribution in [0.3, 0.4) is 0 Å². The number of benzene rings is 1. The summed E-state index contributed by atoms with van der Waals surface area (Å²) in [6.45, 7) is 6.81. The zero-order valence-corrected chi connectivity index (χ0v) is 18.6. The average molecular weight is 445 g/mol. The summed E-state index contributed by atoms with van der Waals surface area (Å²) in [7, 11) is 0. The summed E-state index contributed by atoms with van der Waals surface area (Å²) in [5.41, 5.74) is 1.38. The summed E-state index contributed by atoms with van der Waals surface area (Å²) in [5, 5.41) is 3.61. The van der Waals surface area contributed by atoms with Gasteiger partial charge in [0.05, 0.1) is 12.2 Å². The van der Waals surface area contributed by atoms with Crippen molar-refractivity contribution in [2.24, 2.45) is 0 Å². The minimum absolute atomic E-state index is 0.0252. The van der Waals surface area contributed by atoms with Crippen LogP contribution in [0.2, 0.25) is 5.02 Å². The van der Waals surface area contributed by atoms with Crippen LogP contribution < -0.4 is 10.2 Å². The predicted octanol–water partition coefficient (Wildman–Crippen LogP) is 3.13. The first kappa shape index (κ1) is 23.0. The summed E-state index contributed by atoms with van der Waals surface area (Å²) < 4.78 is 5.00. The second-order valence-corrected chi connectivity index (χ2v) is 7.83. The van der Waals surface area contributed by atoms with Crippen LogP contribution >= 0.6 is 11.6 Å². The number of aromatic nitrogens is 1. The molecule has 8 heteroatoms. The van der Waals surface area contributed by atoms with Gasteiger partial charge in [-0.1, -0.05) is 29.8 Å². The fourth-order valence-electron chi connectivity index (χ4n) is 3.52. The van der Waals surface area contributed by atoms with E-state index in [9.17, 15) is 9.59 Å². The number of carbonyl (C=O) groups excluding carboxylic acids is 2. The van der Waals surface area contributed by atoms with E-state index >= 15 is 0 Å². The molecule has 1 aromatic carbocycles. The Morgan fingerprint density at radius 2 is 1.97 bits per heavy atom. The molecule has 1 aliphatic heterocycles. The van der Waals surface area contributed by atoms with Crippen molar-refractivity contribution in [1.29, 1.82) is 0 Å². The third kappa shape index (κ3) is 6.94. The second kappa shape index (κ2) is 11.7. The Kier molecular flexibility index (Phi) is 8.67. The van der Waals surface area contributed by atoms with E-state index in [1.54, 1.807) is 19.2 Å². The monoisotopic (exact) mass is 444 g/mol. The molecule has 7 nitrogen and oxygen atoms in total. The summed E-state index contributed by atoms with van der Waals surface area (Å²) in [5.74, 6) is 0.529. The number of halogens is 1. The highest BCUT2D eigenvalue weighted by molar-refractivity contribution is 6.31. The molecule has 0 bridgehead atoms. The standard InChI is InChI=1S/C23H29ClN4O3/c1-2-31-23(30)19-8-9-21(25-17-19)28-12-5-11-27(14-15-28)13-10-22(29)26-16-18-6-3-4-7-20(18)24/h3-4,6-9,17H,2,5,10-16H2,1H3,(H,26,29). The first-order chi connectivity index (χ1) is 15.1. The summed E-state index contributed by atoms with van der Waals surface area (Å²) in [6, 6.07) is 11.1. The van der Waals surface area contributed by atoms with Crippen molar-refractivity contribution >= 4 is 29.3 Å². The number of rotatable bonds is 8. The maximum atomic E-state index is 12.2. The molecule has 1 aromatic heterocycles. The number of nitrogens with zero attached hydrogens (tertiary/aromatic N) is 3. The maximum Gasteiger partial charge on any atom is 0.339 e.